The smallest absolute Gasteiger partial charge is 0.248 e. The molecule has 4 nitrogen and oxygen atoms in total. The number of amides is 1. The number of halogens is 2. The van der Waals surface area contributed by atoms with E-state index in [1.807, 2.05) is 11.9 Å². The SMILES string of the molecule is CN1CCC[C@H]1C(=O)N1CCCN(CC2CCC(F)(F)CC2)CC1. The second-order valence-electron chi connectivity index (χ2n) is 7.92. The number of rotatable bonds is 3. The number of hydrogen-bond donors (Lipinski definition) is 0. The Bertz CT molecular complexity index is 436. The summed E-state index contributed by atoms with van der Waals surface area (Å²) in [5, 5.41) is 0. The summed E-state index contributed by atoms with van der Waals surface area (Å²) in [4.78, 5) is 19.3. The Labute approximate surface area is 144 Å². The average Bonchev–Trinajstić information content (AvgIpc) is 2.83. The highest BCUT2D eigenvalue weighted by Crippen LogP contribution is 2.36. The lowest BCUT2D eigenvalue weighted by atomic mass is 9.86. The maximum absolute atomic E-state index is 13.3. The van der Waals surface area contributed by atoms with Crippen LogP contribution in [0.2, 0.25) is 0 Å². The average molecular weight is 343 g/mol. The minimum absolute atomic E-state index is 0.0458. The highest BCUT2D eigenvalue weighted by Gasteiger charge is 2.36. The van der Waals surface area contributed by atoms with Crippen LogP contribution in [0.3, 0.4) is 0 Å². The zero-order valence-electron chi connectivity index (χ0n) is 14.9. The number of carbonyl (C=O) groups excluding carboxylic acids is 1. The normalized spacial score (nSPS) is 30.5. The van der Waals surface area contributed by atoms with Crippen molar-refractivity contribution in [1.29, 1.82) is 0 Å². The first-order valence-corrected chi connectivity index (χ1v) is 9.54. The van der Waals surface area contributed by atoms with E-state index in [1.54, 1.807) is 0 Å². The monoisotopic (exact) mass is 343 g/mol. The predicted molar refractivity (Wildman–Crippen MR) is 90.2 cm³/mol. The number of carbonyl (C=O) groups is 1. The fraction of sp³-hybridized carbons (Fsp3) is 0.944. The van der Waals surface area contributed by atoms with Gasteiger partial charge in [0.2, 0.25) is 11.8 Å². The molecule has 2 aliphatic heterocycles. The molecule has 1 amide bonds. The fourth-order valence-corrected chi connectivity index (χ4v) is 4.45. The molecular weight excluding hydrogens is 312 g/mol. The van der Waals surface area contributed by atoms with E-state index >= 15 is 0 Å². The Hall–Kier alpha value is -0.750. The lowest BCUT2D eigenvalue weighted by molar-refractivity contribution is -0.135. The van der Waals surface area contributed by atoms with E-state index in [-0.39, 0.29) is 24.8 Å². The molecule has 0 aromatic rings. The molecule has 2 heterocycles. The van der Waals surface area contributed by atoms with Crippen LogP contribution in [0.5, 0.6) is 0 Å². The Morgan fingerprint density at radius 3 is 2.42 bits per heavy atom. The van der Waals surface area contributed by atoms with Crippen LogP contribution in [0.4, 0.5) is 8.78 Å². The lowest BCUT2D eigenvalue weighted by Crippen LogP contribution is -2.45. The zero-order chi connectivity index (χ0) is 17.2. The molecule has 3 aliphatic rings. The van der Waals surface area contributed by atoms with Crippen LogP contribution in [0.1, 0.15) is 44.9 Å². The first-order valence-electron chi connectivity index (χ1n) is 9.54. The Morgan fingerprint density at radius 1 is 1.00 bits per heavy atom. The van der Waals surface area contributed by atoms with E-state index < -0.39 is 5.92 Å². The molecule has 0 aromatic carbocycles. The van der Waals surface area contributed by atoms with Crippen molar-refractivity contribution in [2.75, 3.05) is 46.3 Å². The van der Waals surface area contributed by atoms with Crippen LogP contribution in [0.15, 0.2) is 0 Å². The molecule has 24 heavy (non-hydrogen) atoms. The van der Waals surface area contributed by atoms with E-state index in [2.05, 4.69) is 9.80 Å². The summed E-state index contributed by atoms with van der Waals surface area (Å²) >= 11 is 0. The third kappa shape index (κ3) is 4.45. The van der Waals surface area contributed by atoms with Crippen molar-refractivity contribution >= 4 is 5.91 Å². The summed E-state index contributed by atoms with van der Waals surface area (Å²) in [6.45, 7) is 5.42. The van der Waals surface area contributed by atoms with Gasteiger partial charge in [-0.25, -0.2) is 8.78 Å². The van der Waals surface area contributed by atoms with Crippen molar-refractivity contribution < 1.29 is 13.6 Å². The second kappa shape index (κ2) is 7.65. The number of alkyl halides is 2. The number of likely N-dealkylation sites (N-methyl/N-ethyl adjacent to an activating group) is 1. The first kappa shape index (κ1) is 18.1. The molecule has 138 valence electrons. The summed E-state index contributed by atoms with van der Waals surface area (Å²) in [6, 6.07) is 0.0668. The minimum atomic E-state index is -2.44. The molecule has 0 aromatic heterocycles. The third-order valence-corrected chi connectivity index (χ3v) is 6.06. The number of likely N-dealkylation sites (tertiary alicyclic amines) is 1. The molecular formula is C18H31F2N3O. The van der Waals surface area contributed by atoms with E-state index in [1.165, 1.54) is 0 Å². The first-order chi connectivity index (χ1) is 11.4. The Balaban J connectivity index is 1.46. The molecule has 1 atom stereocenters. The topological polar surface area (TPSA) is 26.8 Å². The van der Waals surface area contributed by atoms with Gasteiger partial charge in [-0.2, -0.15) is 0 Å². The molecule has 6 heteroatoms. The van der Waals surface area contributed by atoms with Gasteiger partial charge in [-0.1, -0.05) is 0 Å². The van der Waals surface area contributed by atoms with Crippen LogP contribution in [-0.4, -0.2) is 78.9 Å². The molecule has 1 saturated carbocycles. The van der Waals surface area contributed by atoms with Gasteiger partial charge in [-0.3, -0.25) is 9.69 Å². The van der Waals surface area contributed by atoms with Crippen LogP contribution in [0.25, 0.3) is 0 Å². The number of nitrogens with zero attached hydrogens (tertiary/aromatic N) is 3. The van der Waals surface area contributed by atoms with Gasteiger partial charge in [0.1, 0.15) is 0 Å². The van der Waals surface area contributed by atoms with Crippen LogP contribution < -0.4 is 0 Å². The van der Waals surface area contributed by atoms with E-state index in [9.17, 15) is 13.6 Å². The molecule has 0 unspecified atom stereocenters. The van der Waals surface area contributed by atoms with Gasteiger partial charge < -0.3 is 9.80 Å². The third-order valence-electron chi connectivity index (χ3n) is 6.06. The van der Waals surface area contributed by atoms with E-state index in [4.69, 9.17) is 0 Å². The van der Waals surface area contributed by atoms with Crippen molar-refractivity contribution in [2.45, 2.75) is 56.9 Å². The van der Waals surface area contributed by atoms with E-state index in [0.29, 0.717) is 18.8 Å². The van der Waals surface area contributed by atoms with Crippen LogP contribution >= 0.6 is 0 Å². The van der Waals surface area contributed by atoms with Crippen molar-refractivity contribution in [1.82, 2.24) is 14.7 Å². The molecule has 2 saturated heterocycles. The molecule has 0 spiro atoms. The standard InChI is InChI=1S/C18H31F2N3O/c1-21-9-2-4-16(21)17(24)23-11-3-10-22(12-13-23)14-15-5-7-18(19,20)8-6-15/h15-16H,2-14H2,1H3/t16-/m0/s1. The number of hydrogen-bond acceptors (Lipinski definition) is 3. The van der Waals surface area contributed by atoms with Gasteiger partial charge in [-0.15, -0.1) is 0 Å². The molecule has 0 bridgehead atoms. The van der Waals surface area contributed by atoms with Crippen molar-refractivity contribution in [3.05, 3.63) is 0 Å². The van der Waals surface area contributed by atoms with Gasteiger partial charge in [0.05, 0.1) is 6.04 Å². The van der Waals surface area contributed by atoms with Gasteiger partial charge in [0.25, 0.3) is 0 Å². The van der Waals surface area contributed by atoms with Crippen LogP contribution in [0, 0.1) is 5.92 Å². The summed E-state index contributed by atoms with van der Waals surface area (Å²) in [5.74, 6) is -1.76. The van der Waals surface area contributed by atoms with Crippen LogP contribution in [-0.2, 0) is 4.79 Å². The summed E-state index contributed by atoms with van der Waals surface area (Å²) in [6.07, 6.45) is 4.45. The predicted octanol–water partition coefficient (Wildman–Crippen LogP) is 2.44. The Kier molecular flexibility index (Phi) is 5.75. The molecule has 3 fully saturated rings. The Morgan fingerprint density at radius 2 is 1.75 bits per heavy atom. The second-order valence-corrected chi connectivity index (χ2v) is 7.92. The zero-order valence-corrected chi connectivity index (χ0v) is 14.9. The maximum Gasteiger partial charge on any atom is 0.248 e. The van der Waals surface area contributed by atoms with Gasteiger partial charge >= 0.3 is 0 Å². The summed E-state index contributed by atoms with van der Waals surface area (Å²) in [7, 11) is 2.04. The van der Waals surface area contributed by atoms with Gasteiger partial charge in [0.15, 0.2) is 0 Å². The summed E-state index contributed by atoms with van der Waals surface area (Å²) < 4.78 is 26.6. The van der Waals surface area contributed by atoms with Gasteiger partial charge in [0, 0.05) is 39.0 Å². The highest BCUT2D eigenvalue weighted by molar-refractivity contribution is 5.82. The maximum atomic E-state index is 13.3. The fourth-order valence-electron chi connectivity index (χ4n) is 4.45. The molecule has 0 radical (unpaired) electrons. The quantitative estimate of drug-likeness (QED) is 0.787. The molecule has 3 rings (SSSR count). The minimum Gasteiger partial charge on any atom is -0.340 e. The van der Waals surface area contributed by atoms with Crippen molar-refractivity contribution in [2.24, 2.45) is 5.92 Å². The molecule has 0 N–H and O–H groups in total. The highest BCUT2D eigenvalue weighted by atomic mass is 19.3. The molecule has 1 aliphatic carbocycles. The van der Waals surface area contributed by atoms with Gasteiger partial charge in [-0.05, 0) is 58.2 Å². The van der Waals surface area contributed by atoms with Crippen molar-refractivity contribution in [3.8, 4) is 0 Å². The largest absolute Gasteiger partial charge is 0.340 e. The lowest BCUT2D eigenvalue weighted by Gasteiger charge is -2.32. The van der Waals surface area contributed by atoms with E-state index in [0.717, 1.165) is 58.5 Å². The van der Waals surface area contributed by atoms with Crippen molar-refractivity contribution in [3.63, 3.8) is 0 Å². The summed E-state index contributed by atoms with van der Waals surface area (Å²) in [5.41, 5.74) is 0.